The Morgan fingerprint density at radius 3 is 2.68 bits per heavy atom. The van der Waals surface area contributed by atoms with E-state index in [-0.39, 0.29) is 0 Å². The lowest BCUT2D eigenvalue weighted by molar-refractivity contribution is 0.256. The standard InChI is InChI=1S/C15H16N4/c1-15(2)8-9-19-13(10-15)17-14(18-19)11-4-6-12(16-3)7-5-11/h4-7H,8-10H2,1-2H3. The first-order valence-corrected chi connectivity index (χ1v) is 6.49. The lowest BCUT2D eigenvalue weighted by Gasteiger charge is -2.28. The van der Waals surface area contributed by atoms with Gasteiger partial charge in [0, 0.05) is 18.5 Å². The maximum atomic E-state index is 6.96. The van der Waals surface area contributed by atoms with E-state index in [0.717, 1.165) is 36.6 Å². The quantitative estimate of drug-likeness (QED) is 0.728. The first-order chi connectivity index (χ1) is 9.07. The van der Waals surface area contributed by atoms with Crippen molar-refractivity contribution in [2.24, 2.45) is 5.41 Å². The van der Waals surface area contributed by atoms with Gasteiger partial charge in [-0.2, -0.15) is 5.10 Å². The average Bonchev–Trinajstić information content (AvgIpc) is 2.80. The van der Waals surface area contributed by atoms with Gasteiger partial charge in [0.2, 0.25) is 0 Å². The number of rotatable bonds is 1. The molecular formula is C15H16N4. The molecule has 2 heterocycles. The molecule has 0 bridgehead atoms. The highest BCUT2D eigenvalue weighted by atomic mass is 15.4. The molecule has 0 fully saturated rings. The van der Waals surface area contributed by atoms with Crippen LogP contribution in [0.2, 0.25) is 0 Å². The number of aryl methyl sites for hydroxylation is 1. The third-order valence-electron chi connectivity index (χ3n) is 3.64. The maximum Gasteiger partial charge on any atom is 0.187 e. The van der Waals surface area contributed by atoms with E-state index in [4.69, 9.17) is 6.57 Å². The molecule has 0 atom stereocenters. The van der Waals surface area contributed by atoms with E-state index in [9.17, 15) is 0 Å². The molecule has 1 aromatic heterocycles. The van der Waals surface area contributed by atoms with Crippen LogP contribution in [0.1, 0.15) is 26.1 Å². The van der Waals surface area contributed by atoms with Crippen molar-refractivity contribution in [1.82, 2.24) is 14.8 Å². The molecule has 0 saturated heterocycles. The van der Waals surface area contributed by atoms with E-state index < -0.39 is 0 Å². The zero-order valence-electron chi connectivity index (χ0n) is 11.2. The summed E-state index contributed by atoms with van der Waals surface area (Å²) in [4.78, 5) is 8.04. The van der Waals surface area contributed by atoms with Gasteiger partial charge in [0.1, 0.15) is 5.82 Å². The molecule has 1 aliphatic heterocycles. The van der Waals surface area contributed by atoms with Crippen molar-refractivity contribution in [3.05, 3.63) is 41.5 Å². The van der Waals surface area contributed by atoms with Crippen LogP contribution in [0.5, 0.6) is 0 Å². The Balaban J connectivity index is 1.95. The van der Waals surface area contributed by atoms with Crippen molar-refractivity contribution in [2.45, 2.75) is 33.2 Å². The molecular weight excluding hydrogens is 236 g/mol. The lowest BCUT2D eigenvalue weighted by Crippen LogP contribution is -2.26. The Morgan fingerprint density at radius 1 is 1.26 bits per heavy atom. The number of fused-ring (bicyclic) bond motifs is 1. The summed E-state index contributed by atoms with van der Waals surface area (Å²) in [5.41, 5.74) is 1.94. The number of hydrogen-bond donors (Lipinski definition) is 0. The number of hydrogen-bond acceptors (Lipinski definition) is 2. The van der Waals surface area contributed by atoms with E-state index in [0.29, 0.717) is 11.1 Å². The molecule has 19 heavy (non-hydrogen) atoms. The van der Waals surface area contributed by atoms with Gasteiger partial charge in [0.25, 0.3) is 0 Å². The number of benzene rings is 1. The SMILES string of the molecule is [C-]#[N+]c1ccc(-c2nc3n(n2)CCC(C)(C)C3)cc1. The monoisotopic (exact) mass is 252 g/mol. The zero-order chi connectivity index (χ0) is 13.5. The summed E-state index contributed by atoms with van der Waals surface area (Å²) in [7, 11) is 0. The normalized spacial score (nSPS) is 16.7. The molecule has 1 aromatic carbocycles. The molecule has 0 aliphatic carbocycles. The van der Waals surface area contributed by atoms with E-state index in [2.05, 4.69) is 28.8 Å². The summed E-state index contributed by atoms with van der Waals surface area (Å²) in [6.45, 7) is 12.4. The topological polar surface area (TPSA) is 35.1 Å². The van der Waals surface area contributed by atoms with Gasteiger partial charge < -0.3 is 0 Å². The van der Waals surface area contributed by atoms with Crippen molar-refractivity contribution in [1.29, 1.82) is 0 Å². The largest absolute Gasteiger partial charge is 0.249 e. The van der Waals surface area contributed by atoms with Gasteiger partial charge in [-0.1, -0.05) is 38.1 Å². The van der Waals surface area contributed by atoms with Crippen LogP contribution in [0.15, 0.2) is 24.3 Å². The molecule has 4 nitrogen and oxygen atoms in total. The number of aromatic nitrogens is 3. The van der Waals surface area contributed by atoms with Crippen LogP contribution in [-0.2, 0) is 13.0 Å². The number of nitrogens with zero attached hydrogens (tertiary/aromatic N) is 4. The Labute approximate surface area is 112 Å². The summed E-state index contributed by atoms with van der Waals surface area (Å²) >= 11 is 0. The fourth-order valence-electron chi connectivity index (χ4n) is 2.42. The molecule has 96 valence electrons. The van der Waals surface area contributed by atoms with Crippen LogP contribution >= 0.6 is 0 Å². The van der Waals surface area contributed by atoms with E-state index >= 15 is 0 Å². The average molecular weight is 252 g/mol. The minimum atomic E-state index is 0.314. The molecule has 0 saturated carbocycles. The highest BCUT2D eigenvalue weighted by Gasteiger charge is 2.27. The lowest BCUT2D eigenvalue weighted by atomic mass is 9.83. The van der Waals surface area contributed by atoms with Gasteiger partial charge in [-0.05, 0) is 11.8 Å². The molecule has 0 spiro atoms. The van der Waals surface area contributed by atoms with Crippen molar-refractivity contribution in [2.75, 3.05) is 0 Å². The van der Waals surface area contributed by atoms with E-state index in [1.54, 1.807) is 0 Å². The van der Waals surface area contributed by atoms with Gasteiger partial charge in [-0.25, -0.2) is 14.5 Å². The second kappa shape index (κ2) is 4.20. The fraction of sp³-hybridized carbons (Fsp3) is 0.400. The van der Waals surface area contributed by atoms with Crippen LogP contribution in [0, 0.1) is 12.0 Å². The summed E-state index contributed by atoms with van der Waals surface area (Å²) in [5, 5.41) is 4.57. The third-order valence-corrected chi connectivity index (χ3v) is 3.64. The predicted octanol–water partition coefficient (Wildman–Crippen LogP) is 3.47. The van der Waals surface area contributed by atoms with Crippen molar-refractivity contribution in [3.8, 4) is 11.4 Å². The predicted molar refractivity (Wildman–Crippen MR) is 73.8 cm³/mol. The zero-order valence-corrected chi connectivity index (χ0v) is 11.2. The van der Waals surface area contributed by atoms with Crippen LogP contribution in [-0.4, -0.2) is 14.8 Å². The molecule has 0 unspecified atom stereocenters. The minimum absolute atomic E-state index is 0.314. The maximum absolute atomic E-state index is 6.96. The third kappa shape index (κ3) is 2.24. The molecule has 0 radical (unpaired) electrons. The summed E-state index contributed by atoms with van der Waals surface area (Å²) in [5.74, 6) is 1.84. The van der Waals surface area contributed by atoms with Gasteiger partial charge >= 0.3 is 0 Å². The van der Waals surface area contributed by atoms with Crippen LogP contribution in [0.3, 0.4) is 0 Å². The molecule has 1 aliphatic rings. The Morgan fingerprint density at radius 2 is 2.00 bits per heavy atom. The van der Waals surface area contributed by atoms with E-state index in [1.807, 2.05) is 28.9 Å². The van der Waals surface area contributed by atoms with Gasteiger partial charge in [0.15, 0.2) is 11.5 Å². The summed E-state index contributed by atoms with van der Waals surface area (Å²) < 4.78 is 2.02. The molecule has 0 amide bonds. The Kier molecular flexibility index (Phi) is 2.63. The molecule has 4 heteroatoms. The van der Waals surface area contributed by atoms with Crippen molar-refractivity contribution >= 4 is 5.69 Å². The van der Waals surface area contributed by atoms with Crippen LogP contribution in [0.25, 0.3) is 16.2 Å². The summed E-state index contributed by atoms with van der Waals surface area (Å²) in [6, 6.07) is 7.46. The second-order valence-corrected chi connectivity index (χ2v) is 5.82. The summed E-state index contributed by atoms with van der Waals surface area (Å²) in [6.07, 6.45) is 2.11. The molecule has 3 rings (SSSR count). The van der Waals surface area contributed by atoms with Crippen molar-refractivity contribution < 1.29 is 0 Å². The Hall–Kier alpha value is -2.15. The Bertz CT molecular complexity index is 644. The first-order valence-electron chi connectivity index (χ1n) is 6.49. The van der Waals surface area contributed by atoms with Gasteiger partial charge in [-0.3, -0.25) is 0 Å². The second-order valence-electron chi connectivity index (χ2n) is 5.82. The molecule has 0 N–H and O–H groups in total. The smallest absolute Gasteiger partial charge is 0.187 e. The van der Waals surface area contributed by atoms with Crippen molar-refractivity contribution in [3.63, 3.8) is 0 Å². The fourth-order valence-corrected chi connectivity index (χ4v) is 2.42. The first kappa shape index (κ1) is 11.9. The minimum Gasteiger partial charge on any atom is -0.249 e. The highest BCUT2D eigenvalue weighted by Crippen LogP contribution is 2.31. The van der Waals surface area contributed by atoms with E-state index in [1.165, 1.54) is 0 Å². The highest BCUT2D eigenvalue weighted by molar-refractivity contribution is 5.59. The van der Waals surface area contributed by atoms with Crippen LogP contribution in [0.4, 0.5) is 5.69 Å². The van der Waals surface area contributed by atoms with Gasteiger partial charge in [0.05, 0.1) is 6.57 Å². The molecule has 2 aromatic rings. The van der Waals surface area contributed by atoms with Crippen LogP contribution < -0.4 is 0 Å². The van der Waals surface area contributed by atoms with Gasteiger partial charge in [-0.15, -0.1) is 0 Å².